The second-order valence-corrected chi connectivity index (χ2v) is 5.67. The first-order valence-corrected chi connectivity index (χ1v) is 7.08. The van der Waals surface area contributed by atoms with E-state index in [1.165, 1.54) is 5.75 Å². The fourth-order valence-electron chi connectivity index (χ4n) is 2.33. The minimum Gasteiger partial charge on any atom is -0.329 e. The summed E-state index contributed by atoms with van der Waals surface area (Å²) in [6.07, 6.45) is 1.16. The van der Waals surface area contributed by atoms with Crippen molar-refractivity contribution in [3.05, 3.63) is 28.5 Å². The Bertz CT molecular complexity index is 656. The molecule has 1 fully saturated rings. The molecule has 1 aliphatic rings. The van der Waals surface area contributed by atoms with Gasteiger partial charge in [0.05, 0.1) is 16.6 Å². The zero-order valence-electron chi connectivity index (χ0n) is 9.14. The van der Waals surface area contributed by atoms with E-state index in [2.05, 4.69) is 15.6 Å². The molecule has 1 aromatic heterocycles. The fraction of sp³-hybridized carbons (Fsp3) is 0.333. The zero-order valence-corrected chi connectivity index (χ0v) is 10.8. The maximum atomic E-state index is 9.08. The maximum absolute atomic E-state index is 9.08. The van der Waals surface area contributed by atoms with Crippen LogP contribution in [0.2, 0.25) is 0 Å². The highest BCUT2D eigenvalue weighted by Gasteiger charge is 2.20. The minimum absolute atomic E-state index is 0.468. The lowest BCUT2D eigenvalue weighted by Gasteiger charge is -2.11. The van der Waals surface area contributed by atoms with Crippen LogP contribution in [0.4, 0.5) is 0 Å². The Labute approximate surface area is 108 Å². The zero-order chi connectivity index (χ0) is 11.8. The van der Waals surface area contributed by atoms with Crippen LogP contribution < -0.4 is 0 Å². The highest BCUT2D eigenvalue weighted by Crippen LogP contribution is 2.31. The molecule has 1 saturated heterocycles. The quantitative estimate of drug-likeness (QED) is 0.801. The molecular weight excluding hydrogens is 250 g/mol. The van der Waals surface area contributed by atoms with Crippen molar-refractivity contribution in [3.8, 4) is 6.07 Å². The number of H-pyrrole nitrogens is 1. The van der Waals surface area contributed by atoms with Gasteiger partial charge >= 0.3 is 0 Å². The highest BCUT2D eigenvalue weighted by molar-refractivity contribution is 7.99. The van der Waals surface area contributed by atoms with Gasteiger partial charge in [0.25, 0.3) is 0 Å². The number of aromatic nitrogens is 2. The predicted octanol–water partition coefficient (Wildman–Crippen LogP) is 3.25. The number of thioether (sulfide) groups is 1. The van der Waals surface area contributed by atoms with Crippen molar-refractivity contribution in [2.75, 3.05) is 11.5 Å². The molecule has 0 bridgehead atoms. The van der Waals surface area contributed by atoms with Crippen molar-refractivity contribution in [1.29, 1.82) is 5.26 Å². The average molecular weight is 261 g/mol. The van der Waals surface area contributed by atoms with Gasteiger partial charge < -0.3 is 9.55 Å². The van der Waals surface area contributed by atoms with Crippen LogP contribution in [0.25, 0.3) is 11.0 Å². The van der Waals surface area contributed by atoms with Crippen LogP contribution in [0.3, 0.4) is 0 Å². The van der Waals surface area contributed by atoms with Crippen LogP contribution in [0, 0.1) is 16.1 Å². The molecule has 0 radical (unpaired) electrons. The van der Waals surface area contributed by atoms with E-state index in [1.54, 1.807) is 0 Å². The van der Waals surface area contributed by atoms with Crippen molar-refractivity contribution in [2.24, 2.45) is 0 Å². The smallest absolute Gasteiger partial charge is 0.178 e. The number of hydrogen-bond donors (Lipinski definition) is 1. The van der Waals surface area contributed by atoms with Gasteiger partial charge in [0, 0.05) is 11.8 Å². The number of benzene rings is 1. The summed E-state index contributed by atoms with van der Waals surface area (Å²) in [5, 5.41) is 9.08. The molecule has 1 aliphatic heterocycles. The fourth-order valence-corrected chi connectivity index (χ4v) is 3.87. The average Bonchev–Trinajstić information content (AvgIpc) is 2.93. The molecule has 2 aromatic rings. The molecule has 5 heteroatoms. The van der Waals surface area contributed by atoms with E-state index < -0.39 is 0 Å². The van der Waals surface area contributed by atoms with Crippen LogP contribution in [0.5, 0.6) is 0 Å². The molecule has 0 amide bonds. The molecule has 0 saturated carbocycles. The van der Waals surface area contributed by atoms with Gasteiger partial charge in [0.1, 0.15) is 6.07 Å². The van der Waals surface area contributed by atoms with Crippen molar-refractivity contribution < 1.29 is 0 Å². The van der Waals surface area contributed by atoms with E-state index in [0.717, 1.165) is 28.0 Å². The summed E-state index contributed by atoms with van der Waals surface area (Å²) < 4.78 is 2.90. The Balaban J connectivity index is 2.28. The number of nitriles is 1. The molecular formula is C12H11N3S2. The molecule has 17 heavy (non-hydrogen) atoms. The van der Waals surface area contributed by atoms with Gasteiger partial charge in [0.15, 0.2) is 4.77 Å². The van der Waals surface area contributed by atoms with Gasteiger partial charge in [-0.15, -0.1) is 0 Å². The lowest BCUT2D eigenvalue weighted by molar-refractivity contribution is 0.569. The summed E-state index contributed by atoms with van der Waals surface area (Å²) in [7, 11) is 0. The first-order chi connectivity index (χ1) is 8.31. The van der Waals surface area contributed by atoms with Gasteiger partial charge in [-0.2, -0.15) is 17.0 Å². The van der Waals surface area contributed by atoms with Crippen molar-refractivity contribution >= 4 is 35.0 Å². The molecule has 3 nitrogen and oxygen atoms in total. The van der Waals surface area contributed by atoms with Crippen LogP contribution in [0.15, 0.2) is 18.2 Å². The highest BCUT2D eigenvalue weighted by atomic mass is 32.2. The number of rotatable bonds is 1. The summed E-state index contributed by atoms with van der Waals surface area (Å²) in [4.78, 5) is 3.17. The Morgan fingerprint density at radius 2 is 2.41 bits per heavy atom. The standard InChI is InChI=1S/C12H11N3S2/c13-6-8-2-1-3-10-11(8)14-12(16)15(10)9-4-5-17-7-9/h1-3,9H,4-5,7H2,(H,14,16). The Hall–Kier alpha value is -1.25. The number of para-hydroxylation sites is 1. The first kappa shape index (κ1) is 10.9. The van der Waals surface area contributed by atoms with Gasteiger partial charge in [-0.05, 0) is 36.5 Å². The topological polar surface area (TPSA) is 44.5 Å². The predicted molar refractivity (Wildman–Crippen MR) is 72.8 cm³/mol. The number of aromatic amines is 1. The lowest BCUT2D eigenvalue weighted by Crippen LogP contribution is -2.07. The van der Waals surface area contributed by atoms with Crippen LogP contribution in [-0.2, 0) is 0 Å². The van der Waals surface area contributed by atoms with E-state index in [0.29, 0.717) is 11.6 Å². The van der Waals surface area contributed by atoms with E-state index in [1.807, 2.05) is 30.0 Å². The number of hydrogen-bond acceptors (Lipinski definition) is 3. The Morgan fingerprint density at radius 1 is 1.53 bits per heavy atom. The van der Waals surface area contributed by atoms with Crippen LogP contribution >= 0.6 is 24.0 Å². The molecule has 86 valence electrons. The SMILES string of the molecule is N#Cc1cccc2c1[nH]c(=S)n2C1CCSC1. The van der Waals surface area contributed by atoms with E-state index >= 15 is 0 Å². The molecule has 1 aromatic carbocycles. The van der Waals surface area contributed by atoms with Gasteiger partial charge in [0.2, 0.25) is 0 Å². The molecule has 1 unspecified atom stereocenters. The summed E-state index contributed by atoms with van der Waals surface area (Å²) in [5.74, 6) is 2.30. The lowest BCUT2D eigenvalue weighted by atomic mass is 10.2. The third-order valence-electron chi connectivity index (χ3n) is 3.14. The minimum atomic E-state index is 0.468. The maximum Gasteiger partial charge on any atom is 0.178 e. The second kappa shape index (κ2) is 4.21. The Kier molecular flexibility index (Phi) is 2.69. The van der Waals surface area contributed by atoms with E-state index in [-0.39, 0.29) is 0 Å². The van der Waals surface area contributed by atoms with Crippen molar-refractivity contribution in [2.45, 2.75) is 12.5 Å². The van der Waals surface area contributed by atoms with E-state index in [9.17, 15) is 0 Å². The monoisotopic (exact) mass is 261 g/mol. The van der Waals surface area contributed by atoms with Gasteiger partial charge in [-0.1, -0.05) is 6.07 Å². The van der Waals surface area contributed by atoms with Crippen LogP contribution in [-0.4, -0.2) is 21.1 Å². The molecule has 0 spiro atoms. The molecule has 0 aliphatic carbocycles. The van der Waals surface area contributed by atoms with Crippen LogP contribution in [0.1, 0.15) is 18.0 Å². The third kappa shape index (κ3) is 1.68. The first-order valence-electron chi connectivity index (χ1n) is 5.52. The molecule has 1 N–H and O–H groups in total. The van der Waals surface area contributed by atoms with Gasteiger partial charge in [-0.25, -0.2) is 0 Å². The summed E-state index contributed by atoms with van der Waals surface area (Å²) in [5.41, 5.74) is 2.59. The molecule has 2 heterocycles. The summed E-state index contributed by atoms with van der Waals surface area (Å²) in [6.45, 7) is 0. The molecule has 1 atom stereocenters. The summed E-state index contributed by atoms with van der Waals surface area (Å²) >= 11 is 7.35. The van der Waals surface area contributed by atoms with E-state index in [4.69, 9.17) is 17.5 Å². The molecule has 3 rings (SSSR count). The number of fused-ring (bicyclic) bond motifs is 1. The van der Waals surface area contributed by atoms with Crippen molar-refractivity contribution in [3.63, 3.8) is 0 Å². The number of nitrogens with zero attached hydrogens (tertiary/aromatic N) is 2. The number of imidazole rings is 1. The normalized spacial score (nSPS) is 19.6. The summed E-state index contributed by atoms with van der Waals surface area (Å²) in [6, 6.07) is 8.45. The Morgan fingerprint density at radius 3 is 3.12 bits per heavy atom. The van der Waals surface area contributed by atoms with Crippen molar-refractivity contribution in [1.82, 2.24) is 9.55 Å². The number of nitrogens with one attached hydrogen (secondary N) is 1. The third-order valence-corrected chi connectivity index (χ3v) is 4.59. The largest absolute Gasteiger partial charge is 0.329 e. The second-order valence-electron chi connectivity index (χ2n) is 4.13. The van der Waals surface area contributed by atoms with Gasteiger partial charge in [-0.3, -0.25) is 0 Å².